The summed E-state index contributed by atoms with van der Waals surface area (Å²) in [6.07, 6.45) is -0.335. The smallest absolute Gasteiger partial charge is 0.126 e. The normalized spacial score (nSPS) is 12.4. The third-order valence-corrected chi connectivity index (χ3v) is 3.59. The van der Waals surface area contributed by atoms with Crippen molar-refractivity contribution in [1.29, 1.82) is 0 Å². The molecule has 21 heavy (non-hydrogen) atoms. The fourth-order valence-electron chi connectivity index (χ4n) is 2.51. The summed E-state index contributed by atoms with van der Waals surface area (Å²) in [7, 11) is 1.64. The van der Waals surface area contributed by atoms with E-state index in [0.29, 0.717) is 17.1 Å². The number of benzene rings is 2. The second-order valence-electron chi connectivity index (χ2n) is 4.87. The molecule has 3 rings (SSSR count). The van der Waals surface area contributed by atoms with Crippen molar-refractivity contribution in [1.82, 2.24) is 4.98 Å². The van der Waals surface area contributed by atoms with Gasteiger partial charge in [-0.05, 0) is 11.6 Å². The van der Waals surface area contributed by atoms with Crippen molar-refractivity contribution in [3.05, 3.63) is 65.9 Å². The summed E-state index contributed by atoms with van der Waals surface area (Å²) in [6, 6.07) is 17.5. The average molecular weight is 279 g/mol. The molecule has 1 unspecified atom stereocenters. The van der Waals surface area contributed by atoms with Gasteiger partial charge in [-0.15, -0.1) is 0 Å². The lowest BCUT2D eigenvalue weighted by Crippen LogP contribution is -2.11. The van der Waals surface area contributed by atoms with Gasteiger partial charge in [0.05, 0.1) is 22.6 Å². The van der Waals surface area contributed by atoms with E-state index in [9.17, 15) is 0 Å². The highest BCUT2D eigenvalue weighted by molar-refractivity contribution is 5.96. The zero-order chi connectivity index (χ0) is 14.8. The molecule has 0 bridgehead atoms. The summed E-state index contributed by atoms with van der Waals surface area (Å²) in [6.45, 7) is 0. The molecule has 106 valence electrons. The Morgan fingerprint density at radius 2 is 1.57 bits per heavy atom. The second-order valence-corrected chi connectivity index (χ2v) is 4.87. The van der Waals surface area contributed by atoms with Crippen LogP contribution < -0.4 is 11.5 Å². The van der Waals surface area contributed by atoms with Crippen LogP contribution in [0.1, 0.15) is 17.4 Å². The summed E-state index contributed by atoms with van der Waals surface area (Å²) in [5.74, 6) is 0. The van der Waals surface area contributed by atoms with Crippen molar-refractivity contribution < 1.29 is 4.74 Å². The zero-order valence-corrected chi connectivity index (χ0v) is 11.8. The molecule has 0 aliphatic carbocycles. The van der Waals surface area contributed by atoms with Gasteiger partial charge in [0.15, 0.2) is 0 Å². The Balaban J connectivity index is 2.21. The Labute approximate surface area is 123 Å². The largest absolute Gasteiger partial charge is 0.396 e. The molecule has 0 radical (unpaired) electrons. The molecule has 4 N–H and O–H groups in total. The van der Waals surface area contributed by atoms with Crippen LogP contribution in [0.3, 0.4) is 0 Å². The first kappa shape index (κ1) is 13.4. The SMILES string of the molecule is COC(c1ccccc1)c1nc2ccccc2c(N)c1N. The first-order valence-corrected chi connectivity index (χ1v) is 6.73. The van der Waals surface area contributed by atoms with Gasteiger partial charge in [0.2, 0.25) is 0 Å². The summed E-state index contributed by atoms with van der Waals surface area (Å²) < 4.78 is 5.61. The van der Waals surface area contributed by atoms with E-state index >= 15 is 0 Å². The lowest BCUT2D eigenvalue weighted by Gasteiger charge is -2.19. The Hall–Kier alpha value is -2.59. The molecule has 0 aliphatic rings. The van der Waals surface area contributed by atoms with Crippen LogP contribution in [0.15, 0.2) is 54.6 Å². The highest BCUT2D eigenvalue weighted by atomic mass is 16.5. The van der Waals surface area contributed by atoms with Gasteiger partial charge in [-0.3, -0.25) is 0 Å². The quantitative estimate of drug-likeness (QED) is 0.772. The standard InChI is InChI=1S/C17H17N3O/c1-21-17(11-7-3-2-4-8-11)16-15(19)14(18)12-9-5-6-10-13(12)20-16/h2-10,17H,19H2,1H3,(H2,18,20). The lowest BCUT2D eigenvalue weighted by atomic mass is 10.0. The molecule has 2 aromatic carbocycles. The molecule has 0 aliphatic heterocycles. The first-order chi connectivity index (χ1) is 10.2. The molecule has 4 nitrogen and oxygen atoms in total. The number of rotatable bonds is 3. The number of anilines is 2. The monoisotopic (exact) mass is 279 g/mol. The molecule has 1 aromatic heterocycles. The van der Waals surface area contributed by atoms with Crippen LogP contribution in [-0.2, 0) is 4.74 Å². The minimum absolute atomic E-state index is 0.335. The van der Waals surface area contributed by atoms with Crippen molar-refractivity contribution in [3.63, 3.8) is 0 Å². The van der Waals surface area contributed by atoms with E-state index < -0.39 is 0 Å². The number of para-hydroxylation sites is 1. The third kappa shape index (κ3) is 2.30. The number of hydrogen-bond acceptors (Lipinski definition) is 4. The first-order valence-electron chi connectivity index (χ1n) is 6.73. The molecule has 0 amide bonds. The van der Waals surface area contributed by atoms with E-state index in [0.717, 1.165) is 16.5 Å². The van der Waals surface area contributed by atoms with Crippen molar-refractivity contribution >= 4 is 22.3 Å². The van der Waals surface area contributed by atoms with Gasteiger partial charge >= 0.3 is 0 Å². The molecule has 3 aromatic rings. The van der Waals surface area contributed by atoms with Gasteiger partial charge < -0.3 is 16.2 Å². The van der Waals surface area contributed by atoms with Crippen LogP contribution >= 0.6 is 0 Å². The molecule has 0 fully saturated rings. The van der Waals surface area contributed by atoms with Gasteiger partial charge in [-0.25, -0.2) is 4.98 Å². The van der Waals surface area contributed by atoms with Crippen molar-refractivity contribution in [2.45, 2.75) is 6.10 Å². The molecule has 4 heteroatoms. The van der Waals surface area contributed by atoms with Gasteiger partial charge in [-0.1, -0.05) is 48.5 Å². The van der Waals surface area contributed by atoms with Crippen molar-refractivity contribution in [2.75, 3.05) is 18.6 Å². The summed E-state index contributed by atoms with van der Waals surface area (Å²) in [5, 5.41) is 0.863. The van der Waals surface area contributed by atoms with Crippen LogP contribution in [0.4, 0.5) is 11.4 Å². The fourth-order valence-corrected chi connectivity index (χ4v) is 2.51. The summed E-state index contributed by atoms with van der Waals surface area (Å²) in [5.41, 5.74) is 15.9. The van der Waals surface area contributed by atoms with Gasteiger partial charge in [-0.2, -0.15) is 0 Å². The van der Waals surface area contributed by atoms with Crippen molar-refractivity contribution in [3.8, 4) is 0 Å². The van der Waals surface area contributed by atoms with Crippen LogP contribution in [0.2, 0.25) is 0 Å². The highest BCUT2D eigenvalue weighted by Crippen LogP contribution is 2.35. The fraction of sp³-hybridized carbons (Fsp3) is 0.118. The topological polar surface area (TPSA) is 74.2 Å². The van der Waals surface area contributed by atoms with Gasteiger partial charge in [0, 0.05) is 12.5 Å². The predicted octanol–water partition coefficient (Wildman–Crippen LogP) is 3.13. The molecular formula is C17H17N3O. The minimum Gasteiger partial charge on any atom is -0.396 e. The summed E-state index contributed by atoms with van der Waals surface area (Å²) in [4.78, 5) is 4.65. The van der Waals surface area contributed by atoms with E-state index in [1.807, 2.05) is 54.6 Å². The average Bonchev–Trinajstić information content (AvgIpc) is 2.54. The number of ether oxygens (including phenoxy) is 1. The predicted molar refractivity (Wildman–Crippen MR) is 85.9 cm³/mol. The van der Waals surface area contributed by atoms with Crippen molar-refractivity contribution in [2.24, 2.45) is 0 Å². The third-order valence-electron chi connectivity index (χ3n) is 3.59. The Bertz CT molecular complexity index is 772. The Morgan fingerprint density at radius 3 is 2.29 bits per heavy atom. The zero-order valence-electron chi connectivity index (χ0n) is 11.8. The van der Waals surface area contributed by atoms with E-state index in [-0.39, 0.29) is 6.10 Å². The number of methoxy groups -OCH3 is 1. The lowest BCUT2D eigenvalue weighted by molar-refractivity contribution is 0.134. The number of nitrogens with zero attached hydrogens (tertiary/aromatic N) is 1. The molecule has 0 spiro atoms. The highest BCUT2D eigenvalue weighted by Gasteiger charge is 2.20. The molecule has 0 saturated carbocycles. The van der Waals surface area contributed by atoms with Gasteiger partial charge in [0.1, 0.15) is 6.10 Å². The van der Waals surface area contributed by atoms with Crippen LogP contribution in [0, 0.1) is 0 Å². The number of hydrogen-bond donors (Lipinski definition) is 2. The number of fused-ring (bicyclic) bond motifs is 1. The molecule has 1 atom stereocenters. The van der Waals surface area contributed by atoms with E-state index in [1.54, 1.807) is 7.11 Å². The van der Waals surface area contributed by atoms with Gasteiger partial charge in [0.25, 0.3) is 0 Å². The number of nitrogen functional groups attached to an aromatic ring is 2. The van der Waals surface area contributed by atoms with E-state index in [4.69, 9.17) is 16.2 Å². The summed E-state index contributed by atoms with van der Waals surface area (Å²) >= 11 is 0. The van der Waals surface area contributed by atoms with E-state index in [1.165, 1.54) is 0 Å². The molecular weight excluding hydrogens is 262 g/mol. The Kier molecular flexibility index (Phi) is 3.46. The number of pyridine rings is 1. The van der Waals surface area contributed by atoms with Crippen LogP contribution in [0.25, 0.3) is 10.9 Å². The Morgan fingerprint density at radius 1 is 0.905 bits per heavy atom. The van der Waals surface area contributed by atoms with Crippen LogP contribution in [-0.4, -0.2) is 12.1 Å². The molecule has 0 saturated heterocycles. The maximum absolute atomic E-state index is 6.19. The minimum atomic E-state index is -0.335. The number of aromatic nitrogens is 1. The number of nitrogens with two attached hydrogens (primary N) is 2. The maximum atomic E-state index is 6.19. The second kappa shape index (κ2) is 5.42. The molecule has 1 heterocycles. The van der Waals surface area contributed by atoms with E-state index in [2.05, 4.69) is 4.98 Å². The maximum Gasteiger partial charge on any atom is 0.126 e. The van der Waals surface area contributed by atoms with Crippen LogP contribution in [0.5, 0.6) is 0 Å².